The average Bonchev–Trinajstić information content (AvgIpc) is 2.20. The molecule has 0 fully saturated rings. The van der Waals surface area contributed by atoms with Crippen LogP contribution in [0.15, 0.2) is 63.3 Å². The number of quaternary nitrogens is 1. The monoisotopic (exact) mass is 220 g/mol. The zero-order valence-electron chi connectivity index (χ0n) is 10.7. The summed E-state index contributed by atoms with van der Waals surface area (Å²) in [6, 6.07) is 0. The molecule has 0 aliphatic rings. The lowest BCUT2D eigenvalue weighted by Gasteiger charge is -2.35. The summed E-state index contributed by atoms with van der Waals surface area (Å²) in [5, 5.41) is 0. The number of allylic oxidation sites excluding steroid dienone is 1. The molecule has 0 aromatic carbocycles. The molecule has 0 spiro atoms. The van der Waals surface area contributed by atoms with Gasteiger partial charge in [-0.15, -0.1) is 6.58 Å². The van der Waals surface area contributed by atoms with E-state index in [0.29, 0.717) is 0 Å². The van der Waals surface area contributed by atoms with Crippen molar-refractivity contribution in [3.63, 3.8) is 0 Å². The number of hydrogen-bond donors (Lipinski definition) is 0. The van der Waals surface area contributed by atoms with Crippen LogP contribution in [0.4, 0.5) is 0 Å². The molecule has 0 heterocycles. The highest BCUT2D eigenvalue weighted by Crippen LogP contribution is 2.07. The van der Waals surface area contributed by atoms with Crippen LogP contribution in [0.3, 0.4) is 0 Å². The van der Waals surface area contributed by atoms with Gasteiger partial charge in [-0.3, -0.25) is 0 Å². The minimum atomic E-state index is 0.903. The molecule has 0 aliphatic heterocycles. The molecule has 0 N–H and O–H groups in total. The zero-order valence-corrected chi connectivity index (χ0v) is 10.7. The van der Waals surface area contributed by atoms with Gasteiger partial charge in [-0.1, -0.05) is 32.4 Å². The van der Waals surface area contributed by atoms with E-state index in [4.69, 9.17) is 0 Å². The summed E-state index contributed by atoms with van der Waals surface area (Å²) < 4.78 is 0.903. The fraction of sp³-hybridized carbons (Fsp3) is 0.333. The van der Waals surface area contributed by atoms with Gasteiger partial charge < -0.3 is 4.48 Å². The second-order valence-corrected chi connectivity index (χ2v) is 3.63. The Morgan fingerprint density at radius 3 is 1.00 bits per heavy atom. The van der Waals surface area contributed by atoms with Gasteiger partial charge in [-0.05, 0) is 31.2 Å². The first-order valence-corrected chi connectivity index (χ1v) is 5.52. The number of hydrogen-bond acceptors (Lipinski definition) is 0. The largest absolute Gasteiger partial charge is 0.311 e. The molecule has 0 saturated carbocycles. The van der Waals surface area contributed by atoms with Crippen LogP contribution in [0.2, 0.25) is 0 Å². The van der Waals surface area contributed by atoms with E-state index in [1.807, 2.05) is 31.2 Å². The fourth-order valence-corrected chi connectivity index (χ4v) is 1.54. The Kier molecular flexibility index (Phi) is 12.5. The molecule has 0 aliphatic carbocycles. The second kappa shape index (κ2) is 11.7. The van der Waals surface area contributed by atoms with E-state index in [9.17, 15) is 0 Å². The third kappa shape index (κ3) is 8.01. The summed E-state index contributed by atoms with van der Waals surface area (Å²) in [5.74, 6) is 0. The Morgan fingerprint density at radius 1 is 0.688 bits per heavy atom. The van der Waals surface area contributed by atoms with Crippen molar-refractivity contribution >= 4 is 0 Å². The quantitative estimate of drug-likeness (QED) is 0.432. The van der Waals surface area contributed by atoms with E-state index in [0.717, 1.165) is 30.7 Å². The molecule has 0 aromatic rings. The van der Waals surface area contributed by atoms with Gasteiger partial charge in [0, 0.05) is 0 Å². The Bertz CT molecular complexity index is 180. The third-order valence-corrected chi connectivity index (χ3v) is 2.07. The van der Waals surface area contributed by atoms with Crippen molar-refractivity contribution in [2.75, 3.05) is 26.2 Å². The van der Waals surface area contributed by atoms with Gasteiger partial charge in [0.15, 0.2) is 0 Å². The standard InChI is InChI=1S/C12H20N.C3H6/c1-5-9-13(10-6-2,11-7-3)12-8-4;1-3-2/h5-8H,1-4,9-12H2;3H,1H2,2H3/q+1;. The van der Waals surface area contributed by atoms with E-state index < -0.39 is 0 Å². The molecule has 0 amide bonds. The van der Waals surface area contributed by atoms with Gasteiger partial charge in [0.2, 0.25) is 0 Å². The molecule has 0 bridgehead atoms. The van der Waals surface area contributed by atoms with Crippen molar-refractivity contribution in [3.05, 3.63) is 63.3 Å². The van der Waals surface area contributed by atoms with Gasteiger partial charge in [0.1, 0.15) is 0 Å². The highest BCUT2D eigenvalue weighted by Gasteiger charge is 2.20. The fourth-order valence-electron chi connectivity index (χ4n) is 1.54. The first-order valence-electron chi connectivity index (χ1n) is 5.52. The Hall–Kier alpha value is -1.34. The summed E-state index contributed by atoms with van der Waals surface area (Å²) in [5.41, 5.74) is 0. The van der Waals surface area contributed by atoms with Crippen molar-refractivity contribution in [2.45, 2.75) is 6.92 Å². The molecule has 16 heavy (non-hydrogen) atoms. The molecule has 0 atom stereocenters. The van der Waals surface area contributed by atoms with Gasteiger partial charge >= 0.3 is 0 Å². The Balaban J connectivity index is 0. The smallest absolute Gasteiger partial charge is 0.0978 e. The maximum absolute atomic E-state index is 3.77. The van der Waals surface area contributed by atoms with Crippen molar-refractivity contribution < 1.29 is 4.48 Å². The van der Waals surface area contributed by atoms with E-state index in [2.05, 4.69) is 32.9 Å². The van der Waals surface area contributed by atoms with E-state index >= 15 is 0 Å². The first kappa shape index (κ1) is 17.1. The SMILES string of the molecule is C=CC.C=CC[N+](CC=C)(CC=C)CC=C. The van der Waals surface area contributed by atoms with Crippen molar-refractivity contribution in [1.82, 2.24) is 0 Å². The van der Waals surface area contributed by atoms with Gasteiger partial charge in [-0.25, -0.2) is 0 Å². The highest BCUT2D eigenvalue weighted by atomic mass is 15.3. The molecular formula is C15H26N+. The van der Waals surface area contributed by atoms with Crippen LogP contribution in [0.25, 0.3) is 0 Å². The molecule has 0 unspecified atom stereocenters. The predicted octanol–water partition coefficient (Wildman–Crippen LogP) is 3.74. The molecule has 0 aromatic heterocycles. The molecule has 0 saturated heterocycles. The van der Waals surface area contributed by atoms with Crippen LogP contribution < -0.4 is 0 Å². The van der Waals surface area contributed by atoms with Crippen LogP contribution >= 0.6 is 0 Å². The lowest BCUT2D eigenvalue weighted by molar-refractivity contribution is -0.906. The zero-order chi connectivity index (χ0) is 12.9. The molecule has 1 heteroatoms. The third-order valence-electron chi connectivity index (χ3n) is 2.07. The van der Waals surface area contributed by atoms with E-state index in [-0.39, 0.29) is 0 Å². The minimum Gasteiger partial charge on any atom is -0.311 e. The van der Waals surface area contributed by atoms with Crippen LogP contribution in [-0.4, -0.2) is 30.7 Å². The van der Waals surface area contributed by atoms with Crippen LogP contribution in [0.5, 0.6) is 0 Å². The van der Waals surface area contributed by atoms with Crippen LogP contribution in [-0.2, 0) is 0 Å². The van der Waals surface area contributed by atoms with Crippen LogP contribution in [0.1, 0.15) is 6.92 Å². The Morgan fingerprint density at radius 2 is 0.875 bits per heavy atom. The average molecular weight is 220 g/mol. The summed E-state index contributed by atoms with van der Waals surface area (Å²) in [6.07, 6.45) is 9.51. The van der Waals surface area contributed by atoms with Gasteiger partial charge in [0.05, 0.1) is 26.2 Å². The summed E-state index contributed by atoms with van der Waals surface area (Å²) in [6.45, 7) is 24.1. The highest BCUT2D eigenvalue weighted by molar-refractivity contribution is 4.79. The van der Waals surface area contributed by atoms with Gasteiger partial charge in [0.25, 0.3) is 0 Å². The lowest BCUT2D eigenvalue weighted by atomic mass is 10.3. The van der Waals surface area contributed by atoms with Crippen molar-refractivity contribution in [3.8, 4) is 0 Å². The number of rotatable bonds is 8. The Labute approximate surface area is 101 Å². The molecule has 0 rings (SSSR count). The predicted molar refractivity (Wildman–Crippen MR) is 76.4 cm³/mol. The van der Waals surface area contributed by atoms with Crippen molar-refractivity contribution in [1.29, 1.82) is 0 Å². The molecule has 1 nitrogen and oxygen atoms in total. The summed E-state index contributed by atoms with van der Waals surface area (Å²) in [7, 11) is 0. The van der Waals surface area contributed by atoms with Crippen LogP contribution in [0, 0.1) is 0 Å². The number of nitrogens with zero attached hydrogens (tertiary/aromatic N) is 1. The maximum Gasteiger partial charge on any atom is 0.0978 e. The maximum atomic E-state index is 3.77. The summed E-state index contributed by atoms with van der Waals surface area (Å²) >= 11 is 0. The topological polar surface area (TPSA) is 0 Å². The normalized spacial score (nSPS) is 9.31. The second-order valence-electron chi connectivity index (χ2n) is 3.63. The molecular weight excluding hydrogens is 194 g/mol. The molecule has 0 radical (unpaired) electrons. The molecule has 90 valence electrons. The lowest BCUT2D eigenvalue weighted by Crippen LogP contribution is -2.48. The minimum absolute atomic E-state index is 0.903. The van der Waals surface area contributed by atoms with Crippen molar-refractivity contribution in [2.24, 2.45) is 0 Å². The summed E-state index contributed by atoms with van der Waals surface area (Å²) in [4.78, 5) is 0. The van der Waals surface area contributed by atoms with E-state index in [1.165, 1.54) is 0 Å². The van der Waals surface area contributed by atoms with E-state index in [1.54, 1.807) is 6.08 Å². The first-order chi connectivity index (χ1) is 7.66. The van der Waals surface area contributed by atoms with Gasteiger partial charge in [-0.2, -0.15) is 0 Å².